The van der Waals surface area contributed by atoms with Crippen molar-refractivity contribution in [1.82, 2.24) is 19.6 Å². The summed E-state index contributed by atoms with van der Waals surface area (Å²) in [4.78, 5) is 29.9. The van der Waals surface area contributed by atoms with E-state index in [0.29, 0.717) is 43.0 Å². The van der Waals surface area contributed by atoms with Crippen LogP contribution < -0.4 is 0 Å². The number of aryl methyl sites for hydroxylation is 1. The van der Waals surface area contributed by atoms with E-state index in [2.05, 4.69) is 11.2 Å². The van der Waals surface area contributed by atoms with Crippen LogP contribution in [0.4, 0.5) is 0 Å². The van der Waals surface area contributed by atoms with Gasteiger partial charge in [-0.3, -0.25) is 14.3 Å². The van der Waals surface area contributed by atoms with Gasteiger partial charge in [0, 0.05) is 37.9 Å². The van der Waals surface area contributed by atoms with Crippen LogP contribution in [0.5, 0.6) is 0 Å². The van der Waals surface area contributed by atoms with E-state index in [1.54, 1.807) is 41.2 Å². The van der Waals surface area contributed by atoms with E-state index < -0.39 is 0 Å². The molecule has 4 rings (SSSR count). The third-order valence-electron chi connectivity index (χ3n) is 5.93. The maximum Gasteiger partial charge on any atom is 0.272 e. The maximum absolute atomic E-state index is 13.2. The quantitative estimate of drug-likeness (QED) is 0.822. The number of rotatable bonds is 3. The Morgan fingerprint density at radius 3 is 2.86 bits per heavy atom. The fraction of sp³-hybridized carbons (Fsp3) is 0.429. The fourth-order valence-corrected chi connectivity index (χ4v) is 4.52. The van der Waals surface area contributed by atoms with Crippen molar-refractivity contribution >= 4 is 11.8 Å². The van der Waals surface area contributed by atoms with Crippen LogP contribution in [0.25, 0.3) is 0 Å². The third kappa shape index (κ3) is 2.95. The van der Waals surface area contributed by atoms with Gasteiger partial charge in [-0.1, -0.05) is 6.07 Å². The minimum atomic E-state index is -0.303. The number of amides is 2. The zero-order valence-electron chi connectivity index (χ0n) is 16.0. The molecular weight excluding hydrogens is 354 g/mol. The molecule has 2 fully saturated rings. The Kier molecular flexibility index (Phi) is 4.63. The highest BCUT2D eigenvalue weighted by Gasteiger charge is 2.49. The summed E-state index contributed by atoms with van der Waals surface area (Å²) < 4.78 is 1.72. The molecule has 7 nitrogen and oxygen atoms in total. The lowest BCUT2D eigenvalue weighted by atomic mass is 9.95. The number of benzene rings is 1. The zero-order valence-corrected chi connectivity index (χ0v) is 16.0. The standard InChI is InChI=1S/C21H23N5O2/c1-2-26-18(7-10-23-26)20(28)25-11-4-8-21(25)9-12-24(15-21)19(27)17-6-3-5-16(13-17)14-22/h3,5-7,10,13H,2,4,8-9,11-12,15H2,1H3. The van der Waals surface area contributed by atoms with Gasteiger partial charge in [0.2, 0.25) is 0 Å². The van der Waals surface area contributed by atoms with Crippen LogP contribution in [0.2, 0.25) is 0 Å². The molecule has 3 heterocycles. The van der Waals surface area contributed by atoms with Crippen molar-refractivity contribution in [3.63, 3.8) is 0 Å². The fourth-order valence-electron chi connectivity index (χ4n) is 4.52. The molecule has 0 radical (unpaired) electrons. The van der Waals surface area contributed by atoms with Gasteiger partial charge in [0.05, 0.1) is 17.2 Å². The van der Waals surface area contributed by atoms with Crippen LogP contribution in [0.3, 0.4) is 0 Å². The summed E-state index contributed by atoms with van der Waals surface area (Å²) >= 11 is 0. The van der Waals surface area contributed by atoms with Gasteiger partial charge in [-0.25, -0.2) is 0 Å². The molecule has 1 spiro atoms. The van der Waals surface area contributed by atoms with Crippen molar-refractivity contribution < 1.29 is 9.59 Å². The number of nitrogens with zero attached hydrogens (tertiary/aromatic N) is 5. The molecule has 1 atom stereocenters. The summed E-state index contributed by atoms with van der Waals surface area (Å²) in [5, 5.41) is 13.3. The van der Waals surface area contributed by atoms with E-state index in [1.165, 1.54) is 0 Å². The average molecular weight is 377 g/mol. The van der Waals surface area contributed by atoms with Gasteiger partial charge < -0.3 is 9.80 Å². The molecule has 0 saturated carbocycles. The molecule has 0 N–H and O–H groups in total. The molecular formula is C21H23N5O2. The largest absolute Gasteiger partial charge is 0.336 e. The number of hydrogen-bond donors (Lipinski definition) is 0. The van der Waals surface area contributed by atoms with Gasteiger partial charge in [0.25, 0.3) is 11.8 Å². The van der Waals surface area contributed by atoms with Gasteiger partial charge in [0.1, 0.15) is 5.69 Å². The molecule has 2 aromatic rings. The van der Waals surface area contributed by atoms with Gasteiger partial charge in [0.15, 0.2) is 0 Å². The second-order valence-corrected chi connectivity index (χ2v) is 7.49. The van der Waals surface area contributed by atoms with Crippen molar-refractivity contribution in [2.75, 3.05) is 19.6 Å². The lowest BCUT2D eigenvalue weighted by Crippen LogP contribution is -2.50. The monoisotopic (exact) mass is 377 g/mol. The smallest absolute Gasteiger partial charge is 0.272 e. The van der Waals surface area contributed by atoms with E-state index in [0.717, 1.165) is 19.3 Å². The van der Waals surface area contributed by atoms with Crippen molar-refractivity contribution in [1.29, 1.82) is 5.26 Å². The average Bonchev–Trinajstić information content (AvgIpc) is 3.47. The summed E-state index contributed by atoms with van der Waals surface area (Å²) in [6.45, 7) is 4.48. The molecule has 1 unspecified atom stereocenters. The second-order valence-electron chi connectivity index (χ2n) is 7.49. The third-order valence-corrected chi connectivity index (χ3v) is 5.93. The first-order valence-corrected chi connectivity index (χ1v) is 9.71. The molecule has 7 heteroatoms. The summed E-state index contributed by atoms with van der Waals surface area (Å²) in [6, 6.07) is 10.6. The Hall–Kier alpha value is -3.14. The van der Waals surface area contributed by atoms with E-state index in [1.807, 2.05) is 16.7 Å². The first kappa shape index (κ1) is 18.2. The van der Waals surface area contributed by atoms with E-state index in [-0.39, 0.29) is 17.4 Å². The normalized spacial score (nSPS) is 21.3. The summed E-state index contributed by atoms with van der Waals surface area (Å²) in [6.07, 6.45) is 4.29. The molecule has 0 aliphatic carbocycles. The molecule has 2 aliphatic rings. The Morgan fingerprint density at radius 2 is 2.07 bits per heavy atom. The molecule has 2 saturated heterocycles. The topological polar surface area (TPSA) is 82.2 Å². The second kappa shape index (κ2) is 7.12. The number of aromatic nitrogens is 2. The van der Waals surface area contributed by atoms with Crippen LogP contribution in [0.15, 0.2) is 36.5 Å². The highest BCUT2D eigenvalue weighted by molar-refractivity contribution is 5.96. The Labute approximate surface area is 164 Å². The van der Waals surface area contributed by atoms with Crippen LogP contribution in [0, 0.1) is 11.3 Å². The molecule has 2 aliphatic heterocycles. The van der Waals surface area contributed by atoms with Crippen molar-refractivity contribution in [3.05, 3.63) is 53.3 Å². The van der Waals surface area contributed by atoms with Crippen LogP contribution in [-0.2, 0) is 6.54 Å². The Morgan fingerprint density at radius 1 is 1.21 bits per heavy atom. The first-order chi connectivity index (χ1) is 13.6. The summed E-state index contributed by atoms with van der Waals surface area (Å²) in [5.41, 5.74) is 1.30. The van der Waals surface area contributed by atoms with Crippen LogP contribution >= 0.6 is 0 Å². The Bertz CT molecular complexity index is 960. The predicted octanol–water partition coefficient (Wildman–Crippen LogP) is 2.30. The molecule has 0 bridgehead atoms. The van der Waals surface area contributed by atoms with Crippen molar-refractivity contribution in [2.45, 2.75) is 38.3 Å². The predicted molar refractivity (Wildman–Crippen MR) is 103 cm³/mol. The highest BCUT2D eigenvalue weighted by Crippen LogP contribution is 2.39. The number of carbonyl (C=O) groups excluding carboxylic acids is 2. The van der Waals surface area contributed by atoms with E-state index >= 15 is 0 Å². The maximum atomic E-state index is 13.2. The number of nitriles is 1. The van der Waals surface area contributed by atoms with Gasteiger partial charge >= 0.3 is 0 Å². The number of likely N-dealkylation sites (tertiary alicyclic amines) is 2. The molecule has 1 aromatic carbocycles. The first-order valence-electron chi connectivity index (χ1n) is 9.71. The van der Waals surface area contributed by atoms with Crippen molar-refractivity contribution in [2.24, 2.45) is 0 Å². The van der Waals surface area contributed by atoms with Gasteiger partial charge in [-0.2, -0.15) is 10.4 Å². The minimum absolute atomic E-state index is 0.00220. The number of hydrogen-bond acceptors (Lipinski definition) is 4. The van der Waals surface area contributed by atoms with E-state index in [4.69, 9.17) is 5.26 Å². The van der Waals surface area contributed by atoms with Gasteiger partial charge in [-0.15, -0.1) is 0 Å². The lowest BCUT2D eigenvalue weighted by Gasteiger charge is -2.35. The van der Waals surface area contributed by atoms with E-state index in [9.17, 15) is 9.59 Å². The van der Waals surface area contributed by atoms with Crippen LogP contribution in [-0.4, -0.2) is 56.6 Å². The minimum Gasteiger partial charge on any atom is -0.336 e. The Balaban J connectivity index is 1.55. The van der Waals surface area contributed by atoms with Gasteiger partial charge in [-0.05, 0) is 50.5 Å². The zero-order chi connectivity index (χ0) is 19.7. The van der Waals surface area contributed by atoms with Crippen LogP contribution in [0.1, 0.15) is 52.6 Å². The summed E-state index contributed by atoms with van der Waals surface area (Å²) in [5.74, 6) is -0.0792. The highest BCUT2D eigenvalue weighted by atomic mass is 16.2. The lowest BCUT2D eigenvalue weighted by molar-refractivity contribution is 0.0568. The molecule has 2 amide bonds. The number of carbonyl (C=O) groups is 2. The molecule has 28 heavy (non-hydrogen) atoms. The molecule has 144 valence electrons. The summed E-state index contributed by atoms with van der Waals surface area (Å²) in [7, 11) is 0. The molecule has 1 aromatic heterocycles. The van der Waals surface area contributed by atoms with Crippen molar-refractivity contribution in [3.8, 4) is 6.07 Å². The SMILES string of the molecule is CCn1nccc1C(=O)N1CCCC12CCN(C(=O)c1cccc(C#N)c1)C2.